The molecule has 0 radical (unpaired) electrons. The van der Waals surface area contributed by atoms with Crippen LogP contribution < -0.4 is 21.3 Å². The lowest BCUT2D eigenvalue weighted by Gasteiger charge is -2.46. The number of carbonyl (C=O) groups excluding carboxylic acids is 2. The van der Waals surface area contributed by atoms with Gasteiger partial charge in [0.25, 0.3) is 0 Å². The predicted molar refractivity (Wildman–Crippen MR) is 140 cm³/mol. The minimum atomic E-state index is -1.12. The first-order valence-corrected chi connectivity index (χ1v) is 13.4. The number of primary amides is 1. The summed E-state index contributed by atoms with van der Waals surface area (Å²) >= 11 is 0. The molecule has 11 nitrogen and oxygen atoms in total. The van der Waals surface area contributed by atoms with Crippen LogP contribution in [0.2, 0.25) is 0 Å². The van der Waals surface area contributed by atoms with Gasteiger partial charge in [-0.1, -0.05) is 13.8 Å². The molecule has 4 rings (SSSR count). The summed E-state index contributed by atoms with van der Waals surface area (Å²) in [5.41, 5.74) is 6.48. The van der Waals surface area contributed by atoms with Gasteiger partial charge in [0.2, 0.25) is 17.8 Å². The summed E-state index contributed by atoms with van der Waals surface area (Å²) in [7, 11) is 0. The quantitative estimate of drug-likeness (QED) is 0.390. The van der Waals surface area contributed by atoms with Gasteiger partial charge < -0.3 is 31.3 Å². The SMILES string of the molecule is CC(C)C[C@@H](CC(=O)NC(C)(C)C(N)=O)Nc1nc(N2CCC3(CN(C(=O)O)C3)C2)nc2c1CCCC2. The van der Waals surface area contributed by atoms with Crippen molar-refractivity contribution in [2.45, 2.75) is 84.2 Å². The standard InChI is InChI=1S/C26H41N7O4/c1-16(2)11-17(12-20(34)31-25(3,4)22(27)35)28-21-18-7-5-6-8-19(18)29-23(30-21)32-10-9-26(13-32)14-33(15-26)24(36)37/h16-17H,5-15H2,1-4H3,(H2,27,35)(H,31,34)(H,36,37)(H,28,29,30)/t17-/m0/s1. The third kappa shape index (κ3) is 6.07. The number of likely N-dealkylation sites (tertiary alicyclic amines) is 1. The smallest absolute Gasteiger partial charge is 0.407 e. The number of rotatable bonds is 9. The summed E-state index contributed by atoms with van der Waals surface area (Å²) < 4.78 is 0. The molecule has 1 spiro atoms. The van der Waals surface area contributed by atoms with Gasteiger partial charge in [-0.15, -0.1) is 0 Å². The Morgan fingerprint density at radius 1 is 1.14 bits per heavy atom. The van der Waals surface area contributed by atoms with E-state index >= 15 is 0 Å². The molecule has 3 amide bonds. The third-order valence-corrected chi connectivity index (χ3v) is 7.81. The molecule has 1 aromatic rings. The van der Waals surface area contributed by atoms with Gasteiger partial charge in [0, 0.05) is 49.6 Å². The molecule has 2 saturated heterocycles. The summed E-state index contributed by atoms with van der Waals surface area (Å²) in [4.78, 5) is 49.4. The number of nitrogens with two attached hydrogens (primary N) is 1. The second-order valence-corrected chi connectivity index (χ2v) is 12.0. The normalized spacial score (nSPS) is 19.4. The maximum atomic E-state index is 12.8. The van der Waals surface area contributed by atoms with Crippen LogP contribution in [-0.4, -0.2) is 75.6 Å². The molecule has 0 unspecified atom stereocenters. The van der Waals surface area contributed by atoms with Crippen LogP contribution >= 0.6 is 0 Å². The Bertz CT molecular complexity index is 1050. The van der Waals surface area contributed by atoms with E-state index in [1.165, 1.54) is 4.90 Å². The van der Waals surface area contributed by atoms with Crippen LogP contribution in [0.25, 0.3) is 0 Å². The van der Waals surface area contributed by atoms with Crippen LogP contribution in [0.15, 0.2) is 0 Å². The molecule has 0 saturated carbocycles. The molecule has 1 atom stereocenters. The topological polar surface area (TPSA) is 154 Å². The average Bonchev–Trinajstić information content (AvgIpc) is 3.23. The molecule has 37 heavy (non-hydrogen) atoms. The lowest BCUT2D eigenvalue weighted by atomic mass is 9.79. The molecule has 5 N–H and O–H groups in total. The van der Waals surface area contributed by atoms with Crippen molar-refractivity contribution in [3.05, 3.63) is 11.3 Å². The summed E-state index contributed by atoms with van der Waals surface area (Å²) in [5, 5.41) is 15.6. The van der Waals surface area contributed by atoms with Gasteiger partial charge in [-0.2, -0.15) is 4.98 Å². The number of aromatic nitrogens is 2. The van der Waals surface area contributed by atoms with E-state index in [-0.39, 0.29) is 23.8 Å². The first-order valence-electron chi connectivity index (χ1n) is 13.4. The zero-order valence-electron chi connectivity index (χ0n) is 22.5. The largest absolute Gasteiger partial charge is 0.465 e. The van der Waals surface area contributed by atoms with Gasteiger partial charge in [0.1, 0.15) is 11.4 Å². The highest BCUT2D eigenvalue weighted by Gasteiger charge is 2.50. The number of nitrogens with zero attached hydrogens (tertiary/aromatic N) is 4. The summed E-state index contributed by atoms with van der Waals surface area (Å²) in [6.07, 6.45) is 4.96. The Morgan fingerprint density at radius 3 is 2.49 bits per heavy atom. The van der Waals surface area contributed by atoms with Gasteiger partial charge in [-0.05, 0) is 58.3 Å². The van der Waals surface area contributed by atoms with Gasteiger partial charge in [-0.25, -0.2) is 9.78 Å². The molecule has 1 aliphatic carbocycles. The number of carboxylic acid groups (broad SMARTS) is 1. The van der Waals surface area contributed by atoms with E-state index in [1.807, 2.05) is 0 Å². The molecule has 3 heterocycles. The summed E-state index contributed by atoms with van der Waals surface area (Å²) in [5.74, 6) is 0.996. The highest BCUT2D eigenvalue weighted by molar-refractivity contribution is 5.89. The van der Waals surface area contributed by atoms with Crippen molar-refractivity contribution in [3.8, 4) is 0 Å². The maximum absolute atomic E-state index is 12.8. The number of hydrogen-bond donors (Lipinski definition) is 4. The molecular formula is C26H41N7O4. The van der Waals surface area contributed by atoms with Crippen molar-refractivity contribution in [3.63, 3.8) is 0 Å². The molecular weight excluding hydrogens is 474 g/mol. The predicted octanol–water partition coefficient (Wildman–Crippen LogP) is 2.14. The second-order valence-electron chi connectivity index (χ2n) is 12.0. The van der Waals surface area contributed by atoms with Crippen LogP contribution in [0, 0.1) is 11.3 Å². The number of amides is 3. The van der Waals surface area contributed by atoms with E-state index in [0.717, 1.165) is 68.7 Å². The van der Waals surface area contributed by atoms with Gasteiger partial charge in [-0.3, -0.25) is 9.59 Å². The monoisotopic (exact) mass is 515 g/mol. The first kappa shape index (κ1) is 26.9. The van der Waals surface area contributed by atoms with Crippen molar-refractivity contribution < 1.29 is 19.5 Å². The minimum absolute atomic E-state index is 0.0171. The third-order valence-electron chi connectivity index (χ3n) is 7.81. The van der Waals surface area contributed by atoms with Crippen molar-refractivity contribution in [2.24, 2.45) is 17.1 Å². The van der Waals surface area contributed by atoms with Crippen LogP contribution in [0.4, 0.5) is 16.6 Å². The number of carbonyl (C=O) groups is 3. The highest BCUT2D eigenvalue weighted by Crippen LogP contribution is 2.41. The minimum Gasteiger partial charge on any atom is -0.465 e. The van der Waals surface area contributed by atoms with E-state index in [0.29, 0.717) is 25.0 Å². The Balaban J connectivity index is 1.53. The van der Waals surface area contributed by atoms with Crippen LogP contribution in [0.1, 0.15) is 71.1 Å². The molecule has 1 aromatic heterocycles. The number of aryl methyl sites for hydroxylation is 1. The number of nitrogens with one attached hydrogen (secondary N) is 2. The Hall–Kier alpha value is -3.11. The molecule has 2 fully saturated rings. The van der Waals surface area contributed by atoms with Crippen molar-refractivity contribution >= 4 is 29.7 Å². The lowest BCUT2D eigenvalue weighted by Crippen LogP contribution is -2.59. The van der Waals surface area contributed by atoms with Crippen molar-refractivity contribution in [1.29, 1.82) is 0 Å². The molecule has 0 aromatic carbocycles. The van der Waals surface area contributed by atoms with E-state index in [1.54, 1.807) is 13.8 Å². The molecule has 3 aliphatic rings. The van der Waals surface area contributed by atoms with E-state index in [9.17, 15) is 19.5 Å². The highest BCUT2D eigenvalue weighted by atomic mass is 16.4. The van der Waals surface area contributed by atoms with Gasteiger partial charge in [0.15, 0.2) is 0 Å². The molecule has 2 aliphatic heterocycles. The second kappa shape index (κ2) is 10.3. The van der Waals surface area contributed by atoms with E-state index in [2.05, 4.69) is 29.4 Å². The number of fused-ring (bicyclic) bond motifs is 1. The fourth-order valence-electron chi connectivity index (χ4n) is 5.75. The lowest BCUT2D eigenvalue weighted by molar-refractivity contribution is -0.130. The Labute approximate surface area is 218 Å². The van der Waals surface area contributed by atoms with Gasteiger partial charge in [0.05, 0.1) is 5.69 Å². The van der Waals surface area contributed by atoms with Crippen LogP contribution in [0.5, 0.6) is 0 Å². The van der Waals surface area contributed by atoms with Gasteiger partial charge >= 0.3 is 6.09 Å². The van der Waals surface area contributed by atoms with E-state index < -0.39 is 17.5 Å². The molecule has 0 bridgehead atoms. The number of anilines is 2. The summed E-state index contributed by atoms with van der Waals surface area (Å²) in [6, 6.07) is -0.168. The summed E-state index contributed by atoms with van der Waals surface area (Å²) in [6.45, 7) is 10.1. The van der Waals surface area contributed by atoms with Crippen molar-refractivity contribution in [1.82, 2.24) is 20.2 Å². The number of hydrogen-bond acceptors (Lipinski definition) is 7. The molecule has 204 valence electrons. The zero-order valence-corrected chi connectivity index (χ0v) is 22.5. The first-order chi connectivity index (χ1) is 17.4. The zero-order chi connectivity index (χ0) is 27.0. The van der Waals surface area contributed by atoms with E-state index in [4.69, 9.17) is 15.7 Å². The fourth-order valence-corrected chi connectivity index (χ4v) is 5.75. The Kier molecular flexibility index (Phi) is 7.52. The Morgan fingerprint density at radius 2 is 1.84 bits per heavy atom. The maximum Gasteiger partial charge on any atom is 0.407 e. The molecule has 11 heteroatoms. The fraction of sp³-hybridized carbons (Fsp3) is 0.731. The van der Waals surface area contributed by atoms with Crippen LogP contribution in [0.3, 0.4) is 0 Å². The average molecular weight is 516 g/mol. The van der Waals surface area contributed by atoms with Crippen molar-refractivity contribution in [2.75, 3.05) is 36.4 Å². The van der Waals surface area contributed by atoms with Crippen LogP contribution in [-0.2, 0) is 22.4 Å².